The van der Waals surface area contributed by atoms with Crippen molar-refractivity contribution in [1.82, 2.24) is 0 Å². The first-order valence-corrected chi connectivity index (χ1v) is 1.15. The molecule has 0 aromatic carbocycles. The Morgan fingerprint density at radius 2 is 0.714 bits per heavy atom. The average Bonchev–Trinajstić information content (AvgIpc) is 1.39. The Morgan fingerprint density at radius 3 is 0.714 bits per heavy atom. The monoisotopic (exact) mass is 280 g/mol. The summed E-state index contributed by atoms with van der Waals surface area (Å²) in [7, 11) is -2.50. The van der Waals surface area contributed by atoms with Crippen molar-refractivity contribution in [3.63, 3.8) is 0 Å². The van der Waals surface area contributed by atoms with Gasteiger partial charge in [-0.05, 0) is 0 Å². The van der Waals surface area contributed by atoms with Crippen molar-refractivity contribution in [3.05, 3.63) is 0 Å². The number of rotatable bonds is 0. The molecule has 0 heterocycles. The molecule has 0 aliphatic carbocycles. The second-order valence-electron chi connectivity index (χ2n) is 0.236. The molecule has 0 N–H and O–H groups in total. The van der Waals surface area contributed by atoms with E-state index in [0.29, 0.717) is 0 Å². The van der Waals surface area contributed by atoms with E-state index in [9.17, 15) is 0 Å². The summed E-state index contributed by atoms with van der Waals surface area (Å²) in [5.41, 5.74) is 0. The van der Waals surface area contributed by atoms with Crippen LogP contribution in [-0.2, 0) is 19.8 Å². The maximum Gasteiger partial charge on any atom is 4.00 e. The van der Waals surface area contributed by atoms with Crippen molar-refractivity contribution in [2.45, 2.75) is 0 Å². The van der Waals surface area contributed by atoms with E-state index in [-0.39, 0.29) is 19.8 Å². The first-order valence-electron chi connectivity index (χ1n) is 1.15. The molecule has 0 unspecified atom stereocenters. The zero-order chi connectivity index (χ0) is 5.41. The molecule has 0 radical (unpaired) electrons. The molecule has 4 nitrogen and oxygen atoms in total. The fourth-order valence-corrected chi connectivity index (χ4v) is 0. The smallest absolute Gasteiger partial charge is 0.896 e. The van der Waals surface area contributed by atoms with E-state index in [0.717, 1.165) is 0 Å². The van der Waals surface area contributed by atoms with Crippen molar-refractivity contribution in [2.75, 3.05) is 0 Å². The maximum absolute atomic E-state index is 8.38. The molecular weight excluding hydrogens is 276 g/mol. The van der Waals surface area contributed by atoms with Gasteiger partial charge in [-0.25, -0.2) is 0 Å². The molecule has 0 aliphatic rings. The zero-order valence-electron chi connectivity index (χ0n) is 3.40. The summed E-state index contributed by atoms with van der Waals surface area (Å²) in [4.78, 5) is 0. The third kappa shape index (κ3) is 381. The second-order valence-corrected chi connectivity index (χ2v) is 0.236. The third-order valence-corrected chi connectivity index (χ3v) is 0. The van der Waals surface area contributed by atoms with E-state index in [2.05, 4.69) is 0 Å². The minimum Gasteiger partial charge on any atom is -0.896 e. The van der Waals surface area contributed by atoms with Crippen molar-refractivity contribution < 1.29 is 39.9 Å². The average molecular weight is 278 g/mol. The van der Waals surface area contributed by atoms with Gasteiger partial charge < -0.3 is 20.1 Å². The fourth-order valence-electron chi connectivity index (χ4n) is 0. The minimum absolute atomic E-state index is 0. The van der Waals surface area contributed by atoms with Gasteiger partial charge in [0.2, 0.25) is 0 Å². The van der Waals surface area contributed by atoms with Crippen LogP contribution in [0.2, 0.25) is 0 Å². The predicted octanol–water partition coefficient (Wildman–Crippen LogP) is -6.06. The molecule has 0 saturated carbocycles. The summed E-state index contributed by atoms with van der Waals surface area (Å²) < 4.78 is 0. The standard InChI is InChI=1S/2BHO2.Os/c2*2-1-3;/h2*1H;/q2*-2;+4. The molecule has 7 heavy (non-hydrogen) atoms. The molecule has 7 heteroatoms. The topological polar surface area (TPSA) is 92.2 Å². The Bertz CT molecular complexity index is 11.7. The van der Waals surface area contributed by atoms with Crippen LogP contribution in [-0.4, -0.2) is 15.4 Å². The van der Waals surface area contributed by atoms with Crippen molar-refractivity contribution in [2.24, 2.45) is 0 Å². The fraction of sp³-hybridized carbons (Fsp3) is 0. The predicted molar refractivity (Wildman–Crippen MR) is 14.3 cm³/mol. The van der Waals surface area contributed by atoms with Gasteiger partial charge in [0.1, 0.15) is 0 Å². The van der Waals surface area contributed by atoms with Crippen LogP contribution in [0, 0.1) is 0 Å². The van der Waals surface area contributed by atoms with Crippen LogP contribution in [0.5, 0.6) is 0 Å². The molecule has 0 saturated heterocycles. The molecule has 0 rings (SSSR count). The van der Waals surface area contributed by atoms with Crippen LogP contribution in [0.1, 0.15) is 0 Å². The summed E-state index contributed by atoms with van der Waals surface area (Å²) in [6.07, 6.45) is 0. The Balaban J connectivity index is -0.0000000400. The summed E-state index contributed by atoms with van der Waals surface area (Å²) >= 11 is 0. The van der Waals surface area contributed by atoms with E-state index in [1.807, 2.05) is 0 Å². The largest absolute Gasteiger partial charge is 4.00 e. The first-order chi connectivity index (χ1) is 2.83. The second kappa shape index (κ2) is 30.6. The van der Waals surface area contributed by atoms with Crippen LogP contribution < -0.4 is 20.1 Å². The summed E-state index contributed by atoms with van der Waals surface area (Å²) in [5, 5.41) is 33.5. The van der Waals surface area contributed by atoms with Gasteiger partial charge in [-0.2, -0.15) is 0 Å². The molecule has 0 aromatic rings. The zero-order valence-corrected chi connectivity index (χ0v) is 5.94. The van der Waals surface area contributed by atoms with Crippen LogP contribution in [0.4, 0.5) is 0 Å². The van der Waals surface area contributed by atoms with E-state index < -0.39 is 15.4 Å². The summed E-state index contributed by atoms with van der Waals surface area (Å²) in [6, 6.07) is 0. The molecule has 0 bridgehead atoms. The molecule has 0 spiro atoms. The van der Waals surface area contributed by atoms with Crippen molar-refractivity contribution >= 4 is 15.4 Å². The van der Waals surface area contributed by atoms with E-state index in [1.165, 1.54) is 0 Å². The molecular formula is H2B2O4Os. The Labute approximate surface area is 55.9 Å². The molecule has 0 aliphatic heterocycles. The van der Waals surface area contributed by atoms with E-state index >= 15 is 0 Å². The van der Waals surface area contributed by atoms with Crippen molar-refractivity contribution in [3.8, 4) is 0 Å². The molecule has 0 aromatic heterocycles. The SMILES string of the molecule is [O-]B[O-].[O-]B[O-].[Os+4]. The number of hydrogen-bond acceptors (Lipinski definition) is 4. The van der Waals surface area contributed by atoms with Gasteiger partial charge in [0.15, 0.2) is 0 Å². The van der Waals surface area contributed by atoms with Gasteiger partial charge in [-0.15, -0.1) is 15.4 Å². The van der Waals surface area contributed by atoms with Crippen LogP contribution in [0.15, 0.2) is 0 Å². The van der Waals surface area contributed by atoms with Crippen molar-refractivity contribution in [1.29, 1.82) is 0 Å². The van der Waals surface area contributed by atoms with Crippen LogP contribution >= 0.6 is 0 Å². The molecule has 0 amide bonds. The molecule has 40 valence electrons. The van der Waals surface area contributed by atoms with E-state index in [1.54, 1.807) is 0 Å². The minimum atomic E-state index is -1.25. The van der Waals surface area contributed by atoms with Gasteiger partial charge in [-0.3, -0.25) is 0 Å². The van der Waals surface area contributed by atoms with Gasteiger partial charge in [0.25, 0.3) is 0 Å². The molecule has 0 atom stereocenters. The summed E-state index contributed by atoms with van der Waals surface area (Å²) in [6.45, 7) is 0. The van der Waals surface area contributed by atoms with Crippen LogP contribution in [0.3, 0.4) is 0 Å². The molecule has 0 fully saturated rings. The normalized spacial score (nSPS) is 4.00. The van der Waals surface area contributed by atoms with Crippen LogP contribution in [0.25, 0.3) is 0 Å². The van der Waals surface area contributed by atoms with Gasteiger partial charge >= 0.3 is 19.8 Å². The Hall–Kier alpha value is 0.606. The van der Waals surface area contributed by atoms with Gasteiger partial charge in [0, 0.05) is 0 Å². The Morgan fingerprint density at radius 1 is 0.714 bits per heavy atom. The number of hydrogen-bond donors (Lipinski definition) is 0. The van der Waals surface area contributed by atoms with Gasteiger partial charge in [0.05, 0.1) is 0 Å². The van der Waals surface area contributed by atoms with E-state index in [4.69, 9.17) is 20.1 Å². The first kappa shape index (κ1) is 15.6. The quantitative estimate of drug-likeness (QED) is 0.412. The Kier molecular flexibility index (Phi) is 68.3. The third-order valence-electron chi connectivity index (χ3n) is 0. The summed E-state index contributed by atoms with van der Waals surface area (Å²) in [5.74, 6) is 0. The maximum atomic E-state index is 8.38. The van der Waals surface area contributed by atoms with Gasteiger partial charge in [-0.1, -0.05) is 0 Å².